The molecule has 0 aliphatic heterocycles. The van der Waals surface area contributed by atoms with Gasteiger partial charge in [-0.15, -0.1) is 5.10 Å². The van der Waals surface area contributed by atoms with E-state index in [-0.39, 0.29) is 5.92 Å². The quantitative estimate of drug-likeness (QED) is 0.576. The van der Waals surface area contributed by atoms with Gasteiger partial charge in [-0.1, -0.05) is 19.1 Å². The van der Waals surface area contributed by atoms with Crippen LogP contribution in [0.4, 0.5) is 0 Å². The monoisotopic (exact) mass is 333 g/mol. The Morgan fingerprint density at radius 1 is 1.12 bits per heavy atom. The van der Waals surface area contributed by atoms with Crippen molar-refractivity contribution >= 4 is 11.0 Å². The van der Waals surface area contributed by atoms with Crippen molar-refractivity contribution in [1.82, 2.24) is 34.7 Å². The number of aryl methyl sites for hydroxylation is 2. The number of fused-ring (bicyclic) bond motifs is 1. The molecule has 126 valence electrons. The average Bonchev–Trinajstić information content (AvgIpc) is 3.20. The van der Waals surface area contributed by atoms with Gasteiger partial charge in [0.05, 0.1) is 11.2 Å². The third-order valence-corrected chi connectivity index (χ3v) is 4.23. The van der Waals surface area contributed by atoms with Crippen molar-refractivity contribution in [1.29, 1.82) is 0 Å². The lowest BCUT2D eigenvalue weighted by Crippen LogP contribution is -2.03. The Kier molecular flexibility index (Phi) is 3.56. The van der Waals surface area contributed by atoms with Crippen molar-refractivity contribution in [3.05, 3.63) is 48.0 Å². The molecule has 3 aromatic heterocycles. The maximum atomic E-state index is 4.79. The molecule has 0 aliphatic rings. The highest BCUT2D eigenvalue weighted by Gasteiger charge is 2.17. The Bertz CT molecular complexity index is 1060. The summed E-state index contributed by atoms with van der Waals surface area (Å²) in [6.07, 6.45) is 3.61. The van der Waals surface area contributed by atoms with Crippen LogP contribution in [0.3, 0.4) is 0 Å². The zero-order valence-electron chi connectivity index (χ0n) is 14.7. The van der Waals surface area contributed by atoms with E-state index in [4.69, 9.17) is 10.1 Å². The summed E-state index contributed by atoms with van der Waals surface area (Å²) in [6.45, 7) is 6.21. The lowest BCUT2D eigenvalue weighted by Gasteiger charge is -2.08. The molecule has 0 saturated carbocycles. The number of hydrogen-bond acceptors (Lipinski definition) is 5. The molecule has 4 aromatic rings. The van der Waals surface area contributed by atoms with E-state index in [0.29, 0.717) is 0 Å². The molecule has 25 heavy (non-hydrogen) atoms. The van der Waals surface area contributed by atoms with Crippen LogP contribution >= 0.6 is 0 Å². The summed E-state index contributed by atoms with van der Waals surface area (Å²) in [6, 6.07) is 8.01. The minimum Gasteiger partial charge on any atom is -0.264 e. The highest BCUT2D eigenvalue weighted by molar-refractivity contribution is 5.80. The topological polar surface area (TPSA) is 74.3 Å². The van der Waals surface area contributed by atoms with Crippen molar-refractivity contribution in [2.45, 2.75) is 26.7 Å². The lowest BCUT2D eigenvalue weighted by atomic mass is 10.1. The first-order chi connectivity index (χ1) is 12.0. The predicted octanol–water partition coefficient (Wildman–Crippen LogP) is 3.04. The van der Waals surface area contributed by atoms with Crippen LogP contribution in [0.2, 0.25) is 0 Å². The highest BCUT2D eigenvalue weighted by Crippen LogP contribution is 2.26. The van der Waals surface area contributed by atoms with Gasteiger partial charge in [0.1, 0.15) is 5.52 Å². The number of nitrogens with zero attached hydrogens (tertiary/aromatic N) is 7. The normalized spacial score (nSPS) is 11.6. The van der Waals surface area contributed by atoms with Crippen LogP contribution in [0.1, 0.15) is 31.2 Å². The minimum absolute atomic E-state index is 0.238. The molecule has 1 aromatic carbocycles. The molecule has 0 saturated heterocycles. The number of hydrogen-bond donors (Lipinski definition) is 0. The number of aromatic nitrogens is 7. The van der Waals surface area contributed by atoms with Gasteiger partial charge < -0.3 is 0 Å². The second kappa shape index (κ2) is 5.77. The Morgan fingerprint density at radius 2 is 1.96 bits per heavy atom. The molecule has 3 heterocycles. The van der Waals surface area contributed by atoms with Gasteiger partial charge in [-0.3, -0.25) is 4.98 Å². The van der Waals surface area contributed by atoms with E-state index in [2.05, 4.69) is 29.1 Å². The maximum Gasteiger partial charge on any atom is 0.163 e. The number of benzene rings is 1. The summed E-state index contributed by atoms with van der Waals surface area (Å²) in [7, 11) is 1.88. The van der Waals surface area contributed by atoms with Gasteiger partial charge in [-0.2, -0.15) is 5.10 Å². The minimum atomic E-state index is 0.238. The molecule has 0 N–H and O–H groups in total. The smallest absolute Gasteiger partial charge is 0.163 e. The van der Waals surface area contributed by atoms with Crippen molar-refractivity contribution in [2.75, 3.05) is 0 Å². The Morgan fingerprint density at radius 3 is 2.72 bits per heavy atom. The van der Waals surface area contributed by atoms with Gasteiger partial charge in [-0.05, 0) is 36.8 Å². The fraction of sp³-hybridized carbons (Fsp3) is 0.278. The van der Waals surface area contributed by atoms with Crippen LogP contribution in [0.15, 0.2) is 36.7 Å². The van der Waals surface area contributed by atoms with Crippen molar-refractivity contribution < 1.29 is 0 Å². The van der Waals surface area contributed by atoms with Gasteiger partial charge in [0.25, 0.3) is 0 Å². The first kappa shape index (κ1) is 15.4. The first-order valence-corrected chi connectivity index (χ1v) is 8.22. The van der Waals surface area contributed by atoms with Gasteiger partial charge in [0.2, 0.25) is 0 Å². The standard InChI is InChI=1S/C18H19N7/c1-11(2)17-20-18(25(22-17)15-7-8-19-10-12(15)3)13-5-6-16-14(9-13)21-23-24(16)4/h5-11H,1-4H3. The second-order valence-electron chi connectivity index (χ2n) is 6.44. The maximum absolute atomic E-state index is 4.79. The molecule has 7 heteroatoms. The summed E-state index contributed by atoms with van der Waals surface area (Å²) in [4.78, 5) is 8.96. The number of pyridine rings is 1. The molecule has 0 radical (unpaired) electrons. The Hall–Kier alpha value is -3.09. The van der Waals surface area contributed by atoms with Crippen LogP contribution in [-0.2, 0) is 7.05 Å². The largest absolute Gasteiger partial charge is 0.264 e. The van der Waals surface area contributed by atoms with Gasteiger partial charge in [-0.25, -0.2) is 14.3 Å². The van der Waals surface area contributed by atoms with Crippen LogP contribution < -0.4 is 0 Å². The molecule has 0 amide bonds. The molecule has 4 rings (SSSR count). The molecule has 0 spiro atoms. The van der Waals surface area contributed by atoms with E-state index in [9.17, 15) is 0 Å². The fourth-order valence-corrected chi connectivity index (χ4v) is 2.81. The van der Waals surface area contributed by atoms with E-state index in [0.717, 1.165) is 39.5 Å². The summed E-state index contributed by atoms with van der Waals surface area (Å²) in [5.74, 6) is 1.85. The average molecular weight is 333 g/mol. The van der Waals surface area contributed by atoms with Crippen molar-refractivity contribution in [3.63, 3.8) is 0 Å². The van der Waals surface area contributed by atoms with Crippen LogP contribution in [0, 0.1) is 6.92 Å². The highest BCUT2D eigenvalue weighted by atomic mass is 15.4. The van der Waals surface area contributed by atoms with E-state index < -0.39 is 0 Å². The fourth-order valence-electron chi connectivity index (χ4n) is 2.81. The van der Waals surface area contributed by atoms with E-state index in [1.165, 1.54) is 0 Å². The third-order valence-electron chi connectivity index (χ3n) is 4.23. The van der Waals surface area contributed by atoms with Gasteiger partial charge in [0, 0.05) is 30.9 Å². The molecule has 7 nitrogen and oxygen atoms in total. The predicted molar refractivity (Wildman–Crippen MR) is 95.5 cm³/mol. The number of rotatable bonds is 3. The van der Waals surface area contributed by atoms with E-state index in [1.807, 2.05) is 49.1 Å². The van der Waals surface area contributed by atoms with Crippen LogP contribution in [-0.4, -0.2) is 34.7 Å². The molecule has 0 aliphatic carbocycles. The molecule has 0 fully saturated rings. The summed E-state index contributed by atoms with van der Waals surface area (Å²) < 4.78 is 3.65. The van der Waals surface area contributed by atoms with Crippen molar-refractivity contribution in [3.8, 4) is 17.1 Å². The SMILES string of the molecule is Cc1cnccc1-n1nc(C(C)C)nc1-c1ccc2c(c1)nnn2C. The van der Waals surface area contributed by atoms with E-state index >= 15 is 0 Å². The Labute approximate surface area is 145 Å². The van der Waals surface area contributed by atoms with Crippen molar-refractivity contribution in [2.24, 2.45) is 7.05 Å². The van der Waals surface area contributed by atoms with Gasteiger partial charge >= 0.3 is 0 Å². The molecule has 0 bridgehead atoms. The summed E-state index contributed by atoms with van der Waals surface area (Å²) in [5.41, 5.74) is 4.81. The lowest BCUT2D eigenvalue weighted by molar-refractivity contribution is 0.736. The van der Waals surface area contributed by atoms with Crippen LogP contribution in [0.5, 0.6) is 0 Å². The molecular formula is C18H19N7. The first-order valence-electron chi connectivity index (χ1n) is 8.22. The summed E-state index contributed by atoms with van der Waals surface area (Å²) in [5, 5.41) is 13.0. The van der Waals surface area contributed by atoms with Gasteiger partial charge in [0.15, 0.2) is 11.6 Å². The van der Waals surface area contributed by atoms with Crippen LogP contribution in [0.25, 0.3) is 28.1 Å². The zero-order valence-corrected chi connectivity index (χ0v) is 14.7. The molecule has 0 unspecified atom stereocenters. The third kappa shape index (κ3) is 2.57. The molecule has 0 atom stereocenters. The molecular weight excluding hydrogens is 314 g/mol. The summed E-state index contributed by atoms with van der Waals surface area (Å²) >= 11 is 0. The Balaban J connectivity index is 1.94. The van der Waals surface area contributed by atoms with E-state index in [1.54, 1.807) is 10.9 Å². The second-order valence-corrected chi connectivity index (χ2v) is 6.44. The zero-order chi connectivity index (χ0) is 17.6.